The quantitative estimate of drug-likeness (QED) is 0.826. The molecular weight excluding hydrogens is 268 g/mol. The molecule has 0 atom stereocenters. The molecule has 0 radical (unpaired) electrons. The van der Waals surface area contributed by atoms with Gasteiger partial charge >= 0.3 is 0 Å². The van der Waals surface area contributed by atoms with E-state index in [1.807, 2.05) is 49.4 Å². The van der Waals surface area contributed by atoms with Gasteiger partial charge in [-0.05, 0) is 36.8 Å². The first-order valence-corrected chi connectivity index (χ1v) is 6.77. The maximum Gasteiger partial charge on any atom is 0.104 e. The van der Waals surface area contributed by atoms with Crippen molar-refractivity contribution in [3.05, 3.63) is 59.2 Å². The van der Waals surface area contributed by atoms with E-state index in [-0.39, 0.29) is 0 Å². The number of rotatable bonds is 5. The van der Waals surface area contributed by atoms with Gasteiger partial charge in [-0.2, -0.15) is 0 Å². The monoisotopic (exact) mass is 286 g/mol. The molecule has 0 aromatic heterocycles. The van der Waals surface area contributed by atoms with Gasteiger partial charge in [0.15, 0.2) is 0 Å². The number of hydrogen-bond acceptors (Lipinski definition) is 3. The van der Waals surface area contributed by atoms with Crippen LogP contribution in [0, 0.1) is 6.92 Å². The van der Waals surface area contributed by atoms with Crippen LogP contribution in [0.25, 0.3) is 0 Å². The standard InChI is InChI=1S/C16H18N2OS/c1-11-9-13(7-8-14(11)16(17)20)18-15-6-4-3-5-12(15)10-19-2/h3-9,18H,10H2,1-2H3,(H2,17,20). The number of benzene rings is 2. The summed E-state index contributed by atoms with van der Waals surface area (Å²) in [6, 6.07) is 14.0. The molecule has 0 saturated carbocycles. The minimum absolute atomic E-state index is 0.425. The highest BCUT2D eigenvalue weighted by molar-refractivity contribution is 7.80. The second-order valence-electron chi connectivity index (χ2n) is 4.61. The third kappa shape index (κ3) is 3.35. The average Bonchev–Trinajstić information content (AvgIpc) is 2.41. The fourth-order valence-electron chi connectivity index (χ4n) is 2.10. The van der Waals surface area contributed by atoms with Crippen molar-refractivity contribution in [3.63, 3.8) is 0 Å². The molecular formula is C16H18N2OS. The predicted molar refractivity (Wildman–Crippen MR) is 87.5 cm³/mol. The average molecular weight is 286 g/mol. The summed E-state index contributed by atoms with van der Waals surface area (Å²) in [4.78, 5) is 0.425. The summed E-state index contributed by atoms with van der Waals surface area (Å²) >= 11 is 5.02. The van der Waals surface area contributed by atoms with Crippen molar-refractivity contribution in [2.45, 2.75) is 13.5 Å². The Balaban J connectivity index is 2.26. The van der Waals surface area contributed by atoms with E-state index >= 15 is 0 Å². The number of ether oxygens (including phenoxy) is 1. The molecule has 3 N–H and O–H groups in total. The van der Waals surface area contributed by atoms with E-state index in [9.17, 15) is 0 Å². The van der Waals surface area contributed by atoms with Gasteiger partial charge in [-0.15, -0.1) is 0 Å². The van der Waals surface area contributed by atoms with Gasteiger partial charge in [0.05, 0.1) is 6.61 Å². The highest BCUT2D eigenvalue weighted by Gasteiger charge is 2.05. The Bertz CT molecular complexity index is 626. The second-order valence-corrected chi connectivity index (χ2v) is 5.05. The molecule has 20 heavy (non-hydrogen) atoms. The first-order chi connectivity index (χ1) is 9.61. The van der Waals surface area contributed by atoms with Gasteiger partial charge in [0.1, 0.15) is 4.99 Å². The molecule has 0 saturated heterocycles. The van der Waals surface area contributed by atoms with Crippen molar-refractivity contribution in [1.82, 2.24) is 0 Å². The lowest BCUT2D eigenvalue weighted by molar-refractivity contribution is 0.185. The highest BCUT2D eigenvalue weighted by atomic mass is 32.1. The Kier molecular flexibility index (Phi) is 4.71. The van der Waals surface area contributed by atoms with E-state index in [2.05, 4.69) is 5.32 Å². The van der Waals surface area contributed by atoms with Crippen molar-refractivity contribution in [1.29, 1.82) is 0 Å². The molecule has 2 aromatic carbocycles. The van der Waals surface area contributed by atoms with Crippen molar-refractivity contribution in [3.8, 4) is 0 Å². The summed E-state index contributed by atoms with van der Waals surface area (Å²) in [5.41, 5.74) is 10.8. The molecule has 0 fully saturated rings. The number of thiocarbonyl (C=S) groups is 1. The largest absolute Gasteiger partial charge is 0.389 e. The van der Waals surface area contributed by atoms with Crippen molar-refractivity contribution in [2.24, 2.45) is 5.73 Å². The van der Waals surface area contributed by atoms with E-state index in [0.717, 1.165) is 28.1 Å². The summed E-state index contributed by atoms with van der Waals surface area (Å²) < 4.78 is 5.21. The van der Waals surface area contributed by atoms with E-state index in [0.29, 0.717) is 11.6 Å². The van der Waals surface area contributed by atoms with Crippen LogP contribution >= 0.6 is 12.2 Å². The summed E-state index contributed by atoms with van der Waals surface area (Å²) in [7, 11) is 1.69. The molecule has 0 spiro atoms. The SMILES string of the molecule is COCc1ccccc1Nc1ccc(C(N)=S)c(C)c1. The Hall–Kier alpha value is -1.91. The van der Waals surface area contributed by atoms with Crippen LogP contribution in [0.4, 0.5) is 11.4 Å². The van der Waals surface area contributed by atoms with Gasteiger partial charge in [0, 0.05) is 29.6 Å². The zero-order chi connectivity index (χ0) is 14.5. The van der Waals surface area contributed by atoms with Crippen molar-refractivity contribution < 1.29 is 4.74 Å². The number of nitrogens with one attached hydrogen (secondary N) is 1. The Morgan fingerprint density at radius 1 is 1.25 bits per heavy atom. The molecule has 104 valence electrons. The zero-order valence-electron chi connectivity index (χ0n) is 11.6. The number of anilines is 2. The lowest BCUT2D eigenvalue weighted by atomic mass is 10.1. The third-order valence-corrected chi connectivity index (χ3v) is 3.31. The molecule has 4 heteroatoms. The number of nitrogens with two attached hydrogens (primary N) is 1. The van der Waals surface area contributed by atoms with E-state index in [4.69, 9.17) is 22.7 Å². The third-order valence-electron chi connectivity index (χ3n) is 3.09. The van der Waals surface area contributed by atoms with Crippen LogP contribution in [0.3, 0.4) is 0 Å². The van der Waals surface area contributed by atoms with Gasteiger partial charge in [0.25, 0.3) is 0 Å². The Labute approximate surface area is 124 Å². The van der Waals surface area contributed by atoms with Crippen LogP contribution in [-0.2, 0) is 11.3 Å². The molecule has 0 aliphatic carbocycles. The number of methoxy groups -OCH3 is 1. The van der Waals surface area contributed by atoms with Crippen LogP contribution in [0.2, 0.25) is 0 Å². The van der Waals surface area contributed by atoms with Crippen LogP contribution in [0.1, 0.15) is 16.7 Å². The van der Waals surface area contributed by atoms with Crippen LogP contribution in [0.5, 0.6) is 0 Å². The zero-order valence-corrected chi connectivity index (χ0v) is 12.5. The molecule has 0 unspecified atom stereocenters. The molecule has 0 aliphatic rings. The van der Waals surface area contributed by atoms with Crippen LogP contribution in [-0.4, -0.2) is 12.1 Å². The van der Waals surface area contributed by atoms with E-state index < -0.39 is 0 Å². The molecule has 2 rings (SSSR count). The Morgan fingerprint density at radius 2 is 2.00 bits per heavy atom. The van der Waals surface area contributed by atoms with Crippen LogP contribution < -0.4 is 11.1 Å². The minimum atomic E-state index is 0.425. The van der Waals surface area contributed by atoms with Gasteiger partial charge in [0.2, 0.25) is 0 Å². The van der Waals surface area contributed by atoms with Gasteiger partial charge in [-0.1, -0.05) is 30.4 Å². The van der Waals surface area contributed by atoms with Crippen LogP contribution in [0.15, 0.2) is 42.5 Å². The van der Waals surface area contributed by atoms with Gasteiger partial charge < -0.3 is 15.8 Å². The fourth-order valence-corrected chi connectivity index (χ4v) is 2.33. The van der Waals surface area contributed by atoms with Gasteiger partial charge in [-0.3, -0.25) is 0 Å². The molecule has 0 heterocycles. The summed E-state index contributed by atoms with van der Waals surface area (Å²) in [5, 5.41) is 3.40. The lowest BCUT2D eigenvalue weighted by Gasteiger charge is -2.13. The predicted octanol–water partition coefficient (Wildman–Crippen LogP) is 3.52. The first-order valence-electron chi connectivity index (χ1n) is 6.36. The second kappa shape index (κ2) is 6.50. The number of aryl methyl sites for hydroxylation is 1. The summed E-state index contributed by atoms with van der Waals surface area (Å²) in [5.74, 6) is 0. The maximum atomic E-state index is 5.68. The molecule has 0 amide bonds. The minimum Gasteiger partial charge on any atom is -0.389 e. The van der Waals surface area contributed by atoms with E-state index in [1.165, 1.54) is 0 Å². The first kappa shape index (κ1) is 14.5. The van der Waals surface area contributed by atoms with Crippen molar-refractivity contribution in [2.75, 3.05) is 12.4 Å². The molecule has 0 aliphatic heterocycles. The fraction of sp³-hybridized carbons (Fsp3) is 0.188. The summed E-state index contributed by atoms with van der Waals surface area (Å²) in [6.45, 7) is 2.58. The maximum absolute atomic E-state index is 5.68. The molecule has 0 bridgehead atoms. The lowest BCUT2D eigenvalue weighted by Crippen LogP contribution is -2.11. The number of hydrogen-bond donors (Lipinski definition) is 2. The topological polar surface area (TPSA) is 47.3 Å². The smallest absolute Gasteiger partial charge is 0.104 e. The molecule has 2 aromatic rings. The Morgan fingerprint density at radius 3 is 2.65 bits per heavy atom. The summed E-state index contributed by atoms with van der Waals surface area (Å²) in [6.07, 6.45) is 0. The van der Waals surface area contributed by atoms with Gasteiger partial charge in [-0.25, -0.2) is 0 Å². The highest BCUT2D eigenvalue weighted by Crippen LogP contribution is 2.23. The van der Waals surface area contributed by atoms with Crippen molar-refractivity contribution >= 4 is 28.6 Å². The number of para-hydroxylation sites is 1. The molecule has 3 nitrogen and oxygen atoms in total. The van der Waals surface area contributed by atoms with E-state index in [1.54, 1.807) is 7.11 Å². The normalized spacial score (nSPS) is 10.3.